The first kappa shape index (κ1) is 27.5. The minimum atomic E-state index is 0.799. The van der Waals surface area contributed by atoms with Gasteiger partial charge in [-0.2, -0.15) is 0 Å². The van der Waals surface area contributed by atoms with E-state index in [9.17, 15) is 0 Å². The Labute approximate surface area is 282 Å². The quantitative estimate of drug-likeness (QED) is 0.190. The zero-order valence-corrected chi connectivity index (χ0v) is 26.5. The van der Waals surface area contributed by atoms with E-state index >= 15 is 0 Å². The van der Waals surface area contributed by atoms with Gasteiger partial charge in [0.25, 0.3) is 0 Å². The molecule has 0 radical (unpaired) electrons. The van der Waals surface area contributed by atoms with E-state index < -0.39 is 0 Å². The molecule has 0 bridgehead atoms. The van der Waals surface area contributed by atoms with Crippen LogP contribution in [-0.4, -0.2) is 9.55 Å². The number of hydrogen-bond acceptors (Lipinski definition) is 3. The van der Waals surface area contributed by atoms with Crippen molar-refractivity contribution in [1.29, 1.82) is 0 Å². The Morgan fingerprint density at radius 2 is 1.22 bits per heavy atom. The Hall–Kier alpha value is -6.65. The molecule has 3 heterocycles. The Balaban J connectivity index is 1.13. The molecule has 230 valence electrons. The second kappa shape index (κ2) is 11.0. The van der Waals surface area contributed by atoms with Crippen LogP contribution in [-0.2, 0) is 0 Å². The molecule has 4 heteroatoms. The molecule has 0 spiro atoms. The lowest BCUT2D eigenvalue weighted by Crippen LogP contribution is -2.10. The first-order chi connectivity index (χ1) is 24.3. The van der Waals surface area contributed by atoms with Gasteiger partial charge in [-0.1, -0.05) is 97.1 Å². The van der Waals surface area contributed by atoms with Crippen LogP contribution < -0.4 is 4.90 Å². The van der Waals surface area contributed by atoms with Crippen LogP contribution in [0.15, 0.2) is 180 Å². The summed E-state index contributed by atoms with van der Waals surface area (Å²) in [5.41, 5.74) is 11.5. The molecule has 0 amide bonds. The van der Waals surface area contributed by atoms with E-state index in [0.29, 0.717) is 0 Å². The summed E-state index contributed by atoms with van der Waals surface area (Å²) in [4.78, 5) is 6.98. The SMILES string of the molecule is c1ccc(N(c2ccc(-c3cccc4oc5cccnc5c34)cc2)c2cccc(-n3c4ccccc4c4c5ccccc5ccc43)c2)cc1. The zero-order chi connectivity index (χ0) is 32.3. The Bertz CT molecular complexity index is 2830. The first-order valence-corrected chi connectivity index (χ1v) is 16.5. The molecule has 4 nitrogen and oxygen atoms in total. The summed E-state index contributed by atoms with van der Waals surface area (Å²) in [6.45, 7) is 0. The van der Waals surface area contributed by atoms with E-state index in [1.807, 2.05) is 30.5 Å². The van der Waals surface area contributed by atoms with Crippen LogP contribution in [0.25, 0.3) is 71.5 Å². The molecule has 49 heavy (non-hydrogen) atoms. The van der Waals surface area contributed by atoms with Crippen LogP contribution in [0.1, 0.15) is 0 Å². The first-order valence-electron chi connectivity index (χ1n) is 16.5. The van der Waals surface area contributed by atoms with Crippen LogP contribution >= 0.6 is 0 Å². The highest BCUT2D eigenvalue weighted by atomic mass is 16.3. The molecule has 0 fully saturated rings. The van der Waals surface area contributed by atoms with Gasteiger partial charge in [-0.05, 0) is 94.7 Å². The van der Waals surface area contributed by atoms with Gasteiger partial charge >= 0.3 is 0 Å². The zero-order valence-electron chi connectivity index (χ0n) is 26.5. The number of pyridine rings is 1. The Morgan fingerprint density at radius 1 is 0.490 bits per heavy atom. The molecule has 7 aromatic carbocycles. The molecule has 0 atom stereocenters. The van der Waals surface area contributed by atoms with E-state index in [0.717, 1.165) is 55.9 Å². The highest BCUT2D eigenvalue weighted by Crippen LogP contribution is 2.41. The van der Waals surface area contributed by atoms with E-state index in [4.69, 9.17) is 4.42 Å². The molecule has 0 N–H and O–H groups in total. The van der Waals surface area contributed by atoms with E-state index in [1.165, 1.54) is 32.6 Å². The second-order valence-corrected chi connectivity index (χ2v) is 12.4. The largest absolute Gasteiger partial charge is 0.454 e. The molecule has 10 aromatic rings. The van der Waals surface area contributed by atoms with Crippen molar-refractivity contribution in [2.45, 2.75) is 0 Å². The highest BCUT2D eigenvalue weighted by Gasteiger charge is 2.18. The molecule has 0 saturated heterocycles. The molecule has 0 unspecified atom stereocenters. The van der Waals surface area contributed by atoms with Crippen molar-refractivity contribution in [2.75, 3.05) is 4.90 Å². The average molecular weight is 628 g/mol. The number of rotatable bonds is 5. The standard InChI is InChI=1S/C45H29N3O/c1-2-12-32(13-3-1)47(33-25-22-31(23-26-33)37-18-9-20-41-44(37)45-42(49-41)21-10-28-46-45)34-14-8-15-35(29-34)48-39-19-7-6-17-38(39)43-36-16-5-4-11-30(36)24-27-40(43)48/h1-29H. The molecule has 0 aliphatic carbocycles. The third-order valence-corrected chi connectivity index (χ3v) is 9.61. The molecular formula is C45H29N3O. The minimum absolute atomic E-state index is 0.799. The van der Waals surface area contributed by atoms with Gasteiger partial charge in [0.15, 0.2) is 5.58 Å². The van der Waals surface area contributed by atoms with Gasteiger partial charge in [0.1, 0.15) is 11.1 Å². The van der Waals surface area contributed by atoms with Crippen molar-refractivity contribution in [3.05, 3.63) is 176 Å². The summed E-state index contributed by atoms with van der Waals surface area (Å²) in [6.07, 6.45) is 1.82. The predicted molar refractivity (Wildman–Crippen MR) is 203 cm³/mol. The summed E-state index contributed by atoms with van der Waals surface area (Å²) in [6, 6.07) is 60.2. The van der Waals surface area contributed by atoms with Crippen LogP contribution in [0.2, 0.25) is 0 Å². The van der Waals surface area contributed by atoms with Crippen molar-refractivity contribution >= 4 is 71.7 Å². The van der Waals surface area contributed by atoms with Crippen molar-refractivity contribution in [2.24, 2.45) is 0 Å². The minimum Gasteiger partial charge on any atom is -0.454 e. The van der Waals surface area contributed by atoms with E-state index in [1.54, 1.807) is 0 Å². The number of aromatic nitrogens is 2. The fraction of sp³-hybridized carbons (Fsp3) is 0. The van der Waals surface area contributed by atoms with E-state index in [-0.39, 0.29) is 0 Å². The number of hydrogen-bond donors (Lipinski definition) is 0. The molecule has 0 aliphatic rings. The second-order valence-electron chi connectivity index (χ2n) is 12.4. The summed E-state index contributed by atoms with van der Waals surface area (Å²) >= 11 is 0. The number of furan rings is 1. The lowest BCUT2D eigenvalue weighted by molar-refractivity contribution is 0.668. The van der Waals surface area contributed by atoms with Crippen LogP contribution in [0.4, 0.5) is 17.1 Å². The normalized spacial score (nSPS) is 11.7. The number of nitrogens with zero attached hydrogens (tertiary/aromatic N) is 3. The third kappa shape index (κ3) is 4.35. The van der Waals surface area contributed by atoms with Crippen molar-refractivity contribution in [3.63, 3.8) is 0 Å². The maximum atomic E-state index is 6.14. The lowest BCUT2D eigenvalue weighted by Gasteiger charge is -2.26. The Morgan fingerprint density at radius 3 is 2.12 bits per heavy atom. The molecular weight excluding hydrogens is 599 g/mol. The van der Waals surface area contributed by atoms with E-state index in [2.05, 4.69) is 160 Å². The maximum Gasteiger partial charge on any atom is 0.153 e. The van der Waals surface area contributed by atoms with Gasteiger partial charge in [-0.25, -0.2) is 0 Å². The number of anilines is 3. The average Bonchev–Trinajstić information content (AvgIpc) is 3.72. The predicted octanol–water partition coefficient (Wildman–Crippen LogP) is 12.4. The number of fused-ring (bicyclic) bond motifs is 8. The van der Waals surface area contributed by atoms with Crippen LogP contribution in [0.3, 0.4) is 0 Å². The lowest BCUT2D eigenvalue weighted by atomic mass is 10.0. The van der Waals surface area contributed by atoms with Gasteiger partial charge in [-0.15, -0.1) is 0 Å². The summed E-state index contributed by atoms with van der Waals surface area (Å²) in [5.74, 6) is 0. The molecule has 0 aliphatic heterocycles. The van der Waals surface area contributed by atoms with Gasteiger partial charge in [0.05, 0.1) is 16.4 Å². The van der Waals surface area contributed by atoms with Crippen molar-refractivity contribution < 1.29 is 4.42 Å². The molecule has 0 saturated carbocycles. The third-order valence-electron chi connectivity index (χ3n) is 9.61. The van der Waals surface area contributed by atoms with Crippen molar-refractivity contribution in [3.8, 4) is 16.8 Å². The van der Waals surface area contributed by atoms with Crippen LogP contribution in [0, 0.1) is 0 Å². The monoisotopic (exact) mass is 627 g/mol. The van der Waals surface area contributed by atoms with Gasteiger partial charge in [-0.3, -0.25) is 4.98 Å². The molecule has 10 rings (SSSR count). The molecule has 3 aromatic heterocycles. The van der Waals surface area contributed by atoms with Crippen LogP contribution in [0.5, 0.6) is 0 Å². The highest BCUT2D eigenvalue weighted by molar-refractivity contribution is 6.21. The number of para-hydroxylation sites is 2. The number of benzene rings is 7. The topological polar surface area (TPSA) is 34.2 Å². The van der Waals surface area contributed by atoms with Gasteiger partial charge in [0, 0.05) is 39.7 Å². The fourth-order valence-corrected chi connectivity index (χ4v) is 7.48. The Kier molecular flexibility index (Phi) is 6.15. The van der Waals surface area contributed by atoms with Gasteiger partial charge in [0.2, 0.25) is 0 Å². The van der Waals surface area contributed by atoms with Crippen molar-refractivity contribution in [1.82, 2.24) is 9.55 Å². The van der Waals surface area contributed by atoms with Gasteiger partial charge < -0.3 is 13.9 Å². The smallest absolute Gasteiger partial charge is 0.153 e. The summed E-state index contributed by atoms with van der Waals surface area (Å²) < 4.78 is 8.54. The summed E-state index contributed by atoms with van der Waals surface area (Å²) in [7, 11) is 0. The fourth-order valence-electron chi connectivity index (χ4n) is 7.48. The maximum absolute atomic E-state index is 6.14. The summed E-state index contributed by atoms with van der Waals surface area (Å²) in [5, 5.41) is 6.10.